The van der Waals surface area contributed by atoms with Crippen LogP contribution in [0.15, 0.2) is 24.3 Å². The van der Waals surface area contributed by atoms with Crippen molar-refractivity contribution < 1.29 is 5.11 Å². The van der Waals surface area contributed by atoms with Crippen molar-refractivity contribution in [1.29, 1.82) is 0 Å². The van der Waals surface area contributed by atoms with Crippen LogP contribution in [0.1, 0.15) is 17.5 Å². The first kappa shape index (κ1) is 13.5. The number of likely N-dealkylation sites (tertiary alicyclic amines) is 1. The molecule has 3 heteroatoms. The number of nitrogens with zero attached hydrogens (tertiary/aromatic N) is 2. The minimum Gasteiger partial charge on any atom is -0.392 e. The number of aliphatic hydroxyl groups is 1. The fourth-order valence-corrected chi connectivity index (χ4v) is 2.81. The lowest BCUT2D eigenvalue weighted by Gasteiger charge is -2.26. The summed E-state index contributed by atoms with van der Waals surface area (Å²) in [6, 6.07) is 9.11. The van der Waals surface area contributed by atoms with Crippen LogP contribution in [0, 0.1) is 6.92 Å². The van der Waals surface area contributed by atoms with E-state index in [1.165, 1.54) is 11.1 Å². The normalized spacial score (nSPS) is 24.9. The lowest BCUT2D eigenvalue weighted by Crippen LogP contribution is -2.37. The molecule has 18 heavy (non-hydrogen) atoms. The molecule has 0 spiro atoms. The molecule has 0 bridgehead atoms. The fourth-order valence-electron chi connectivity index (χ4n) is 2.81. The summed E-state index contributed by atoms with van der Waals surface area (Å²) < 4.78 is 0. The zero-order valence-electron chi connectivity index (χ0n) is 11.6. The van der Waals surface area contributed by atoms with Crippen LogP contribution in [0.25, 0.3) is 0 Å². The summed E-state index contributed by atoms with van der Waals surface area (Å²) >= 11 is 0. The van der Waals surface area contributed by atoms with Crippen molar-refractivity contribution in [2.45, 2.75) is 32.0 Å². The van der Waals surface area contributed by atoms with Crippen molar-refractivity contribution in [2.75, 3.05) is 27.2 Å². The lowest BCUT2D eigenvalue weighted by atomic mass is 10.1. The Labute approximate surface area is 110 Å². The topological polar surface area (TPSA) is 26.7 Å². The maximum atomic E-state index is 9.86. The Hall–Kier alpha value is -0.900. The summed E-state index contributed by atoms with van der Waals surface area (Å²) in [6.07, 6.45) is 0.726. The molecule has 2 unspecified atom stereocenters. The molecule has 1 aliphatic heterocycles. The zero-order valence-corrected chi connectivity index (χ0v) is 11.6. The molecule has 0 radical (unpaired) electrons. The maximum Gasteiger partial charge on any atom is 0.0682 e. The molecule has 1 fully saturated rings. The van der Waals surface area contributed by atoms with E-state index in [1.54, 1.807) is 0 Å². The predicted molar refractivity (Wildman–Crippen MR) is 74.6 cm³/mol. The van der Waals surface area contributed by atoms with Gasteiger partial charge in [-0.2, -0.15) is 0 Å². The summed E-state index contributed by atoms with van der Waals surface area (Å²) in [5, 5.41) is 9.86. The highest BCUT2D eigenvalue weighted by Crippen LogP contribution is 2.21. The third-order valence-electron chi connectivity index (χ3n) is 3.55. The molecular formula is C15H24N2O. The van der Waals surface area contributed by atoms with Gasteiger partial charge in [0.1, 0.15) is 0 Å². The Kier molecular flexibility index (Phi) is 4.38. The molecule has 1 N–H and O–H groups in total. The van der Waals surface area contributed by atoms with E-state index in [4.69, 9.17) is 0 Å². The highest BCUT2D eigenvalue weighted by Gasteiger charge is 2.30. The second kappa shape index (κ2) is 5.83. The lowest BCUT2D eigenvalue weighted by molar-refractivity contribution is 0.169. The van der Waals surface area contributed by atoms with Crippen molar-refractivity contribution in [1.82, 2.24) is 9.80 Å². The monoisotopic (exact) mass is 248 g/mol. The number of hydrogen-bond donors (Lipinski definition) is 1. The first-order valence-corrected chi connectivity index (χ1v) is 6.67. The molecule has 0 aromatic heterocycles. The Balaban J connectivity index is 2.02. The van der Waals surface area contributed by atoms with E-state index in [-0.39, 0.29) is 6.10 Å². The third kappa shape index (κ3) is 3.55. The smallest absolute Gasteiger partial charge is 0.0682 e. The van der Waals surface area contributed by atoms with Gasteiger partial charge >= 0.3 is 0 Å². The van der Waals surface area contributed by atoms with Crippen LogP contribution in [0.5, 0.6) is 0 Å². The number of aliphatic hydroxyl groups excluding tert-OH is 1. The summed E-state index contributed by atoms with van der Waals surface area (Å²) in [6.45, 7) is 4.88. The highest BCUT2D eigenvalue weighted by atomic mass is 16.3. The van der Waals surface area contributed by atoms with Crippen LogP contribution >= 0.6 is 0 Å². The highest BCUT2D eigenvalue weighted by molar-refractivity contribution is 5.22. The van der Waals surface area contributed by atoms with Gasteiger partial charge in [-0.25, -0.2) is 0 Å². The van der Waals surface area contributed by atoms with Gasteiger partial charge < -0.3 is 10.0 Å². The number of β-amino-alcohol motifs (C(OH)–C–C–N with tert-alkyl or cyclic N) is 1. The molecule has 0 saturated carbocycles. The van der Waals surface area contributed by atoms with Crippen LogP contribution in [0.3, 0.4) is 0 Å². The molecule has 2 rings (SSSR count). The maximum absolute atomic E-state index is 9.86. The standard InChI is InChI=1S/C15H24N2O/c1-12-5-4-6-13(7-12)9-17-11-15(18)8-14(17)10-16(2)3/h4-7,14-15,18H,8-11H2,1-3H3. The average Bonchev–Trinajstić information content (AvgIpc) is 2.58. The quantitative estimate of drug-likeness (QED) is 0.874. The van der Waals surface area contributed by atoms with E-state index in [0.29, 0.717) is 6.04 Å². The summed E-state index contributed by atoms with van der Waals surface area (Å²) in [4.78, 5) is 4.60. The first-order valence-electron chi connectivity index (χ1n) is 6.67. The van der Waals surface area contributed by atoms with Gasteiger partial charge in [0.05, 0.1) is 6.10 Å². The van der Waals surface area contributed by atoms with E-state index in [9.17, 15) is 5.11 Å². The molecule has 1 saturated heterocycles. The van der Waals surface area contributed by atoms with Crippen LogP contribution in [-0.2, 0) is 6.54 Å². The van der Waals surface area contributed by atoms with Gasteiger partial charge in [0, 0.05) is 25.7 Å². The summed E-state index contributed by atoms with van der Waals surface area (Å²) in [5.74, 6) is 0. The Morgan fingerprint density at radius 1 is 1.39 bits per heavy atom. The first-order chi connectivity index (χ1) is 8.54. The molecule has 100 valence electrons. The molecule has 1 aromatic rings. The molecule has 0 aliphatic carbocycles. The molecule has 2 atom stereocenters. The largest absolute Gasteiger partial charge is 0.392 e. The Bertz CT molecular complexity index is 392. The van der Waals surface area contributed by atoms with Gasteiger partial charge in [0.15, 0.2) is 0 Å². The van der Waals surface area contributed by atoms with Gasteiger partial charge in [-0.3, -0.25) is 4.90 Å². The fraction of sp³-hybridized carbons (Fsp3) is 0.600. The number of rotatable bonds is 4. The molecule has 1 heterocycles. The molecule has 3 nitrogen and oxygen atoms in total. The third-order valence-corrected chi connectivity index (χ3v) is 3.55. The summed E-state index contributed by atoms with van der Waals surface area (Å²) in [5.41, 5.74) is 2.64. The van der Waals surface area contributed by atoms with Crippen LogP contribution in [0.2, 0.25) is 0 Å². The van der Waals surface area contributed by atoms with Crippen molar-refractivity contribution in [3.8, 4) is 0 Å². The van der Waals surface area contributed by atoms with E-state index in [0.717, 1.165) is 26.1 Å². The predicted octanol–water partition coefficient (Wildman–Crippen LogP) is 1.49. The molecule has 0 amide bonds. The van der Waals surface area contributed by atoms with Crippen molar-refractivity contribution in [2.24, 2.45) is 0 Å². The zero-order chi connectivity index (χ0) is 13.1. The van der Waals surface area contributed by atoms with Gasteiger partial charge in [-0.15, -0.1) is 0 Å². The molecular weight excluding hydrogens is 224 g/mol. The van der Waals surface area contributed by atoms with Gasteiger partial charge in [-0.1, -0.05) is 29.8 Å². The number of benzene rings is 1. The van der Waals surface area contributed by atoms with Crippen LogP contribution in [-0.4, -0.2) is 54.2 Å². The van der Waals surface area contributed by atoms with Crippen molar-refractivity contribution in [3.05, 3.63) is 35.4 Å². The van der Waals surface area contributed by atoms with E-state index in [2.05, 4.69) is 55.1 Å². The minimum atomic E-state index is -0.167. The number of hydrogen-bond acceptors (Lipinski definition) is 3. The second-order valence-corrected chi connectivity index (χ2v) is 5.72. The SMILES string of the molecule is Cc1cccc(CN2CC(O)CC2CN(C)C)c1. The van der Waals surface area contributed by atoms with Crippen LogP contribution < -0.4 is 0 Å². The average molecular weight is 248 g/mol. The second-order valence-electron chi connectivity index (χ2n) is 5.72. The Morgan fingerprint density at radius 3 is 2.83 bits per heavy atom. The van der Waals surface area contributed by atoms with Crippen molar-refractivity contribution in [3.63, 3.8) is 0 Å². The van der Waals surface area contributed by atoms with Gasteiger partial charge in [-0.05, 0) is 33.0 Å². The van der Waals surface area contributed by atoms with E-state index in [1.807, 2.05) is 0 Å². The van der Waals surface area contributed by atoms with E-state index < -0.39 is 0 Å². The minimum absolute atomic E-state index is 0.167. The van der Waals surface area contributed by atoms with Crippen molar-refractivity contribution >= 4 is 0 Å². The molecule has 1 aromatic carbocycles. The number of aryl methyl sites for hydroxylation is 1. The van der Waals surface area contributed by atoms with Gasteiger partial charge in [0.25, 0.3) is 0 Å². The number of likely N-dealkylation sites (N-methyl/N-ethyl adjacent to an activating group) is 1. The van der Waals surface area contributed by atoms with Gasteiger partial charge in [0.2, 0.25) is 0 Å². The van der Waals surface area contributed by atoms with Crippen LogP contribution in [0.4, 0.5) is 0 Å². The van der Waals surface area contributed by atoms with E-state index >= 15 is 0 Å². The summed E-state index contributed by atoms with van der Waals surface area (Å²) in [7, 11) is 4.19. The Morgan fingerprint density at radius 2 is 2.17 bits per heavy atom. The molecule has 1 aliphatic rings.